The Hall–Kier alpha value is -3.49. The van der Waals surface area contributed by atoms with E-state index in [-0.39, 0.29) is 17.2 Å². The Morgan fingerprint density at radius 1 is 1.11 bits per heavy atom. The Morgan fingerprint density at radius 2 is 2.00 bits per heavy atom. The lowest BCUT2D eigenvalue weighted by Crippen LogP contribution is -2.38. The van der Waals surface area contributed by atoms with Gasteiger partial charge >= 0.3 is 0 Å². The SMILES string of the molecule is CNC(=O)C1CCCC2(CCN(c3cc(Nc4cc(C5CCCC5)[nH]n4)nc(-c4cccnc4)n3)C2)C1. The van der Waals surface area contributed by atoms with Crippen LogP contribution in [0.5, 0.6) is 0 Å². The summed E-state index contributed by atoms with van der Waals surface area (Å²) in [6, 6.07) is 8.05. The molecule has 2 unspecified atom stereocenters. The second kappa shape index (κ2) is 10.1. The van der Waals surface area contributed by atoms with Crippen molar-refractivity contribution >= 4 is 23.4 Å². The van der Waals surface area contributed by atoms with E-state index in [9.17, 15) is 4.79 Å². The first-order chi connectivity index (χ1) is 18.1. The first-order valence-corrected chi connectivity index (χ1v) is 13.7. The molecule has 0 radical (unpaired) electrons. The number of H-pyrrole nitrogens is 1. The molecule has 0 bridgehead atoms. The van der Waals surface area contributed by atoms with Crippen LogP contribution in [0.4, 0.5) is 17.5 Å². The fourth-order valence-corrected chi connectivity index (χ4v) is 6.64. The van der Waals surface area contributed by atoms with Gasteiger partial charge in [0.2, 0.25) is 5.91 Å². The van der Waals surface area contributed by atoms with Gasteiger partial charge in [-0.1, -0.05) is 19.3 Å². The fraction of sp³-hybridized carbons (Fsp3) is 0.536. The molecular formula is C28H36N8O. The van der Waals surface area contributed by atoms with Crippen LogP contribution in [0.2, 0.25) is 0 Å². The molecular weight excluding hydrogens is 464 g/mol. The molecule has 2 aliphatic carbocycles. The molecule has 9 nitrogen and oxygen atoms in total. The van der Waals surface area contributed by atoms with Crippen molar-refractivity contribution in [1.29, 1.82) is 0 Å². The molecule has 3 aromatic heterocycles. The molecule has 194 valence electrons. The minimum absolute atomic E-state index is 0.112. The molecule has 3 aromatic rings. The maximum Gasteiger partial charge on any atom is 0.222 e. The molecule has 1 amide bonds. The topological polar surface area (TPSA) is 112 Å². The van der Waals surface area contributed by atoms with Gasteiger partial charge in [0.05, 0.1) is 0 Å². The van der Waals surface area contributed by atoms with Crippen LogP contribution in [0, 0.1) is 11.3 Å². The van der Waals surface area contributed by atoms with Gasteiger partial charge in [-0.2, -0.15) is 5.10 Å². The van der Waals surface area contributed by atoms with Crippen LogP contribution >= 0.6 is 0 Å². The summed E-state index contributed by atoms with van der Waals surface area (Å²) in [6.07, 6.45) is 13.9. The summed E-state index contributed by atoms with van der Waals surface area (Å²) >= 11 is 0. The lowest BCUT2D eigenvalue weighted by atomic mass is 9.69. The van der Waals surface area contributed by atoms with Crippen molar-refractivity contribution < 1.29 is 4.79 Å². The van der Waals surface area contributed by atoms with E-state index in [1.807, 2.05) is 18.2 Å². The van der Waals surface area contributed by atoms with Gasteiger partial charge in [0, 0.05) is 67.8 Å². The minimum atomic E-state index is 0.112. The molecule has 1 aliphatic heterocycles. The Balaban J connectivity index is 1.26. The van der Waals surface area contributed by atoms with Crippen LogP contribution in [0.25, 0.3) is 11.4 Å². The predicted molar refractivity (Wildman–Crippen MR) is 144 cm³/mol. The van der Waals surface area contributed by atoms with E-state index < -0.39 is 0 Å². The van der Waals surface area contributed by atoms with Crippen molar-refractivity contribution in [2.45, 2.75) is 63.7 Å². The van der Waals surface area contributed by atoms with Gasteiger partial charge in [-0.3, -0.25) is 14.9 Å². The quantitative estimate of drug-likeness (QED) is 0.446. The van der Waals surface area contributed by atoms with Crippen LogP contribution in [-0.4, -0.2) is 51.2 Å². The Morgan fingerprint density at radius 3 is 2.81 bits per heavy atom. The highest BCUT2D eigenvalue weighted by atomic mass is 16.1. The van der Waals surface area contributed by atoms with Crippen molar-refractivity contribution in [2.75, 3.05) is 30.4 Å². The summed E-state index contributed by atoms with van der Waals surface area (Å²) < 4.78 is 0. The molecule has 2 atom stereocenters. The monoisotopic (exact) mass is 500 g/mol. The van der Waals surface area contributed by atoms with Gasteiger partial charge in [-0.15, -0.1) is 0 Å². The molecule has 3 fully saturated rings. The van der Waals surface area contributed by atoms with E-state index >= 15 is 0 Å². The summed E-state index contributed by atoms with van der Waals surface area (Å²) in [7, 11) is 1.75. The summed E-state index contributed by atoms with van der Waals surface area (Å²) in [5.41, 5.74) is 2.25. The van der Waals surface area contributed by atoms with Crippen molar-refractivity contribution in [2.24, 2.45) is 11.3 Å². The lowest BCUT2D eigenvalue weighted by molar-refractivity contribution is -0.126. The van der Waals surface area contributed by atoms with Crippen LogP contribution in [0.15, 0.2) is 36.7 Å². The molecule has 2 saturated carbocycles. The smallest absolute Gasteiger partial charge is 0.222 e. The molecule has 4 heterocycles. The Labute approximate surface area is 217 Å². The molecule has 3 N–H and O–H groups in total. The molecule has 37 heavy (non-hydrogen) atoms. The van der Waals surface area contributed by atoms with E-state index in [4.69, 9.17) is 9.97 Å². The number of nitrogens with one attached hydrogen (secondary N) is 3. The first-order valence-electron chi connectivity index (χ1n) is 13.7. The lowest BCUT2D eigenvalue weighted by Gasteiger charge is -2.37. The summed E-state index contributed by atoms with van der Waals surface area (Å²) in [5.74, 6) is 3.92. The van der Waals surface area contributed by atoms with Gasteiger partial charge in [0.25, 0.3) is 0 Å². The van der Waals surface area contributed by atoms with Crippen molar-refractivity contribution in [3.8, 4) is 11.4 Å². The molecule has 1 saturated heterocycles. The highest BCUT2D eigenvalue weighted by molar-refractivity contribution is 5.78. The molecule has 3 aliphatic rings. The Bertz CT molecular complexity index is 1240. The van der Waals surface area contributed by atoms with Crippen LogP contribution in [0.3, 0.4) is 0 Å². The number of hydrogen-bond donors (Lipinski definition) is 3. The molecule has 9 heteroatoms. The number of pyridine rings is 1. The fourth-order valence-electron chi connectivity index (χ4n) is 6.64. The zero-order valence-corrected chi connectivity index (χ0v) is 21.5. The van der Waals surface area contributed by atoms with Gasteiger partial charge in [-0.05, 0) is 56.1 Å². The third kappa shape index (κ3) is 5.04. The highest BCUT2D eigenvalue weighted by Crippen LogP contribution is 2.47. The van der Waals surface area contributed by atoms with E-state index in [0.717, 1.165) is 61.8 Å². The van der Waals surface area contributed by atoms with Crippen LogP contribution in [0.1, 0.15) is 69.4 Å². The maximum atomic E-state index is 12.4. The van der Waals surface area contributed by atoms with Crippen LogP contribution in [-0.2, 0) is 4.79 Å². The minimum Gasteiger partial charge on any atom is -0.359 e. The zero-order chi connectivity index (χ0) is 25.2. The number of rotatable bonds is 6. The number of hydrogen-bond acceptors (Lipinski definition) is 7. The van der Waals surface area contributed by atoms with E-state index in [1.54, 1.807) is 19.4 Å². The van der Waals surface area contributed by atoms with Gasteiger partial charge in [-0.25, -0.2) is 9.97 Å². The first kappa shape index (κ1) is 23.9. The third-order valence-electron chi connectivity index (χ3n) is 8.60. The van der Waals surface area contributed by atoms with Gasteiger partial charge in [0.1, 0.15) is 11.6 Å². The molecule has 0 aromatic carbocycles. The maximum absolute atomic E-state index is 12.4. The summed E-state index contributed by atoms with van der Waals surface area (Å²) in [6.45, 7) is 1.84. The summed E-state index contributed by atoms with van der Waals surface area (Å²) in [4.78, 5) is 28.8. The summed E-state index contributed by atoms with van der Waals surface area (Å²) in [5, 5.41) is 14.1. The number of carbonyl (C=O) groups is 1. The normalized spacial score (nSPS) is 24.0. The number of aromatic nitrogens is 5. The van der Waals surface area contributed by atoms with E-state index in [1.165, 1.54) is 37.8 Å². The standard InChI is InChI=1S/C28H36N8O/c1-29-27(37)20-8-4-10-28(16-20)11-13-36(18-28)25-15-23(32-26(33-25)21-9-5-12-30-17-21)31-24-14-22(34-35-24)19-6-2-3-7-19/h5,9,12,14-15,17,19-20H,2-4,6-8,10-11,13,16,18H2,1H3,(H,29,37)(H2,31,32,33,34,35). The van der Waals surface area contributed by atoms with Crippen molar-refractivity contribution in [3.05, 3.63) is 42.4 Å². The number of aromatic amines is 1. The van der Waals surface area contributed by atoms with E-state index in [0.29, 0.717) is 11.7 Å². The average molecular weight is 501 g/mol. The second-order valence-electron chi connectivity index (χ2n) is 11.1. The average Bonchev–Trinajstić information content (AvgIpc) is 3.71. The highest BCUT2D eigenvalue weighted by Gasteiger charge is 2.43. The number of carbonyl (C=O) groups excluding carboxylic acids is 1. The van der Waals surface area contributed by atoms with Gasteiger partial charge in [0.15, 0.2) is 11.6 Å². The Kier molecular flexibility index (Phi) is 6.52. The number of amides is 1. The zero-order valence-electron chi connectivity index (χ0n) is 21.5. The van der Waals surface area contributed by atoms with Crippen LogP contribution < -0.4 is 15.5 Å². The molecule has 1 spiro atoms. The largest absolute Gasteiger partial charge is 0.359 e. The van der Waals surface area contributed by atoms with Gasteiger partial charge < -0.3 is 15.5 Å². The van der Waals surface area contributed by atoms with Crippen molar-refractivity contribution in [3.63, 3.8) is 0 Å². The second-order valence-corrected chi connectivity index (χ2v) is 11.1. The molecule has 6 rings (SSSR count). The third-order valence-corrected chi connectivity index (χ3v) is 8.60. The number of anilines is 3. The van der Waals surface area contributed by atoms with E-state index in [2.05, 4.69) is 36.8 Å². The number of nitrogens with zero attached hydrogens (tertiary/aromatic N) is 5. The predicted octanol–water partition coefficient (Wildman–Crippen LogP) is 4.80. The van der Waals surface area contributed by atoms with Crippen molar-refractivity contribution in [1.82, 2.24) is 30.5 Å².